The number of hydrogen-bond acceptors (Lipinski definition) is 5. The number of aryl methyl sites for hydroxylation is 2. The fourth-order valence-electron chi connectivity index (χ4n) is 1.87. The van der Waals surface area contributed by atoms with E-state index in [0.717, 1.165) is 17.0 Å². The summed E-state index contributed by atoms with van der Waals surface area (Å²) in [5, 5.41) is 6.64. The van der Waals surface area contributed by atoms with Gasteiger partial charge in [-0.05, 0) is 38.1 Å². The van der Waals surface area contributed by atoms with Crippen molar-refractivity contribution in [2.24, 2.45) is 5.73 Å². The van der Waals surface area contributed by atoms with E-state index in [1.165, 1.54) is 11.8 Å². The number of benzene rings is 1. The number of carbonyl (C=O) groups is 2. The molecule has 3 N–H and O–H groups in total. The minimum Gasteiger partial charge on any atom is -0.366 e. The Balaban J connectivity index is 1.82. The Labute approximate surface area is 132 Å². The lowest BCUT2D eigenvalue weighted by Crippen LogP contribution is -2.15. The number of nitrogens with two attached hydrogens (primary N) is 1. The van der Waals surface area contributed by atoms with Gasteiger partial charge in [0, 0.05) is 22.6 Å². The second-order valence-corrected chi connectivity index (χ2v) is 5.77. The van der Waals surface area contributed by atoms with Crippen molar-refractivity contribution in [3.05, 3.63) is 46.8 Å². The number of nitrogens with one attached hydrogen (secondary N) is 1. The summed E-state index contributed by atoms with van der Waals surface area (Å²) in [5.41, 5.74) is 8.08. The first kappa shape index (κ1) is 16.1. The van der Waals surface area contributed by atoms with E-state index in [0.29, 0.717) is 22.8 Å². The van der Waals surface area contributed by atoms with Crippen LogP contribution >= 0.6 is 11.8 Å². The second kappa shape index (κ2) is 7.13. The maximum absolute atomic E-state index is 11.9. The fourth-order valence-corrected chi connectivity index (χ4v) is 2.84. The Hall–Kier alpha value is -2.28. The van der Waals surface area contributed by atoms with E-state index in [2.05, 4.69) is 10.5 Å². The second-order valence-electron chi connectivity index (χ2n) is 4.79. The van der Waals surface area contributed by atoms with Crippen molar-refractivity contribution < 1.29 is 14.1 Å². The van der Waals surface area contributed by atoms with Crippen molar-refractivity contribution >= 4 is 29.3 Å². The zero-order valence-corrected chi connectivity index (χ0v) is 13.2. The van der Waals surface area contributed by atoms with Crippen LogP contribution in [0.4, 0.5) is 5.69 Å². The first-order valence-electron chi connectivity index (χ1n) is 6.66. The summed E-state index contributed by atoms with van der Waals surface area (Å²) in [6.07, 6.45) is 0. The molecule has 0 saturated heterocycles. The molecule has 0 spiro atoms. The van der Waals surface area contributed by atoms with E-state index in [1.54, 1.807) is 24.3 Å². The highest BCUT2D eigenvalue weighted by Crippen LogP contribution is 2.19. The van der Waals surface area contributed by atoms with Crippen LogP contribution < -0.4 is 11.1 Å². The highest BCUT2D eigenvalue weighted by molar-refractivity contribution is 7.99. The fraction of sp³-hybridized carbons (Fsp3) is 0.267. The molecule has 1 aromatic heterocycles. The third-order valence-corrected chi connectivity index (χ3v) is 4.07. The summed E-state index contributed by atoms with van der Waals surface area (Å²) in [7, 11) is 0. The topological polar surface area (TPSA) is 98.2 Å². The van der Waals surface area contributed by atoms with Gasteiger partial charge in [-0.3, -0.25) is 9.59 Å². The summed E-state index contributed by atoms with van der Waals surface area (Å²) in [6, 6.07) is 6.46. The molecule has 22 heavy (non-hydrogen) atoms. The van der Waals surface area contributed by atoms with Gasteiger partial charge in [0.15, 0.2) is 0 Å². The predicted octanol–water partition coefficient (Wildman–Crippen LogP) is 2.26. The molecule has 6 nitrogen and oxygen atoms in total. The first-order chi connectivity index (χ1) is 10.5. The van der Waals surface area contributed by atoms with E-state index in [9.17, 15) is 9.59 Å². The Morgan fingerprint density at radius 1 is 1.27 bits per heavy atom. The zero-order chi connectivity index (χ0) is 16.1. The summed E-state index contributed by atoms with van der Waals surface area (Å²) in [4.78, 5) is 22.8. The van der Waals surface area contributed by atoms with Gasteiger partial charge in [-0.2, -0.15) is 0 Å². The largest absolute Gasteiger partial charge is 0.366 e. The predicted molar refractivity (Wildman–Crippen MR) is 85.7 cm³/mol. The van der Waals surface area contributed by atoms with Gasteiger partial charge in [-0.25, -0.2) is 0 Å². The molecule has 0 radical (unpaired) electrons. The van der Waals surface area contributed by atoms with E-state index in [4.69, 9.17) is 10.3 Å². The van der Waals surface area contributed by atoms with Crippen LogP contribution in [0.25, 0.3) is 0 Å². The SMILES string of the molecule is Cc1noc(C)c1CSCC(=O)Nc1ccc(C(N)=O)cc1. The van der Waals surface area contributed by atoms with Crippen LogP contribution in [0, 0.1) is 13.8 Å². The van der Waals surface area contributed by atoms with Crippen LogP contribution in [0.15, 0.2) is 28.8 Å². The lowest BCUT2D eigenvalue weighted by molar-refractivity contribution is -0.113. The van der Waals surface area contributed by atoms with Gasteiger partial charge >= 0.3 is 0 Å². The molecule has 1 heterocycles. The molecular weight excluding hydrogens is 302 g/mol. The van der Waals surface area contributed by atoms with Crippen LogP contribution in [-0.4, -0.2) is 22.7 Å². The van der Waals surface area contributed by atoms with Gasteiger partial charge in [0.05, 0.1) is 11.4 Å². The van der Waals surface area contributed by atoms with E-state index in [1.807, 2.05) is 13.8 Å². The maximum Gasteiger partial charge on any atom is 0.248 e. The number of nitrogens with zero attached hydrogens (tertiary/aromatic N) is 1. The highest BCUT2D eigenvalue weighted by Gasteiger charge is 2.10. The molecule has 0 saturated carbocycles. The van der Waals surface area contributed by atoms with Crippen molar-refractivity contribution in [2.75, 3.05) is 11.1 Å². The van der Waals surface area contributed by atoms with Gasteiger partial charge in [0.2, 0.25) is 11.8 Å². The summed E-state index contributed by atoms with van der Waals surface area (Å²) >= 11 is 1.49. The molecule has 0 aliphatic rings. The average Bonchev–Trinajstić information content (AvgIpc) is 2.79. The van der Waals surface area contributed by atoms with E-state index < -0.39 is 5.91 Å². The Morgan fingerprint density at radius 3 is 2.50 bits per heavy atom. The Bertz CT molecular complexity index is 660. The van der Waals surface area contributed by atoms with E-state index >= 15 is 0 Å². The van der Waals surface area contributed by atoms with Gasteiger partial charge in [-0.15, -0.1) is 11.8 Å². The number of anilines is 1. The first-order valence-corrected chi connectivity index (χ1v) is 7.82. The number of rotatable bonds is 6. The minimum absolute atomic E-state index is 0.108. The van der Waals surface area contributed by atoms with Crippen LogP contribution in [0.3, 0.4) is 0 Å². The normalized spacial score (nSPS) is 10.5. The number of hydrogen-bond donors (Lipinski definition) is 2. The number of thioether (sulfide) groups is 1. The molecule has 0 aliphatic heterocycles. The molecule has 2 amide bonds. The molecule has 116 valence electrons. The summed E-state index contributed by atoms with van der Waals surface area (Å²) in [5.74, 6) is 1.18. The van der Waals surface area contributed by atoms with Crippen molar-refractivity contribution in [1.82, 2.24) is 5.16 Å². The number of aromatic nitrogens is 1. The third kappa shape index (κ3) is 4.11. The molecule has 0 aliphatic carbocycles. The zero-order valence-electron chi connectivity index (χ0n) is 12.4. The van der Waals surface area contributed by atoms with Crippen LogP contribution in [0.1, 0.15) is 27.4 Å². The van der Waals surface area contributed by atoms with E-state index in [-0.39, 0.29) is 5.91 Å². The highest BCUT2D eigenvalue weighted by atomic mass is 32.2. The molecule has 0 fully saturated rings. The monoisotopic (exact) mass is 319 g/mol. The Kier molecular flexibility index (Phi) is 5.21. The molecule has 0 atom stereocenters. The molecule has 0 bridgehead atoms. The quantitative estimate of drug-likeness (QED) is 0.851. The molecule has 0 unspecified atom stereocenters. The Morgan fingerprint density at radius 2 is 1.95 bits per heavy atom. The number of carbonyl (C=O) groups excluding carboxylic acids is 2. The third-order valence-electron chi connectivity index (χ3n) is 3.11. The lowest BCUT2D eigenvalue weighted by Gasteiger charge is -2.05. The van der Waals surface area contributed by atoms with Crippen molar-refractivity contribution in [3.63, 3.8) is 0 Å². The summed E-state index contributed by atoms with van der Waals surface area (Å²) in [6.45, 7) is 3.74. The average molecular weight is 319 g/mol. The summed E-state index contributed by atoms with van der Waals surface area (Å²) < 4.78 is 5.08. The minimum atomic E-state index is -0.493. The number of amides is 2. The van der Waals surface area contributed by atoms with Crippen LogP contribution in [0.5, 0.6) is 0 Å². The smallest absolute Gasteiger partial charge is 0.248 e. The molecule has 1 aromatic carbocycles. The molecule has 2 aromatic rings. The molecule has 2 rings (SSSR count). The van der Waals surface area contributed by atoms with Crippen molar-refractivity contribution in [3.8, 4) is 0 Å². The molecule has 7 heteroatoms. The van der Waals surface area contributed by atoms with Gasteiger partial charge < -0.3 is 15.6 Å². The van der Waals surface area contributed by atoms with Gasteiger partial charge in [0.25, 0.3) is 0 Å². The standard InChI is InChI=1S/C15H17N3O3S/c1-9-13(10(2)21-18-9)7-22-8-14(19)17-12-5-3-11(4-6-12)15(16)20/h3-6H,7-8H2,1-2H3,(H2,16,20)(H,17,19). The molecular formula is C15H17N3O3S. The lowest BCUT2D eigenvalue weighted by atomic mass is 10.2. The van der Waals surface area contributed by atoms with Gasteiger partial charge in [0.1, 0.15) is 5.76 Å². The van der Waals surface area contributed by atoms with Gasteiger partial charge in [-0.1, -0.05) is 5.16 Å². The van der Waals surface area contributed by atoms with Crippen molar-refractivity contribution in [2.45, 2.75) is 19.6 Å². The van der Waals surface area contributed by atoms with Crippen LogP contribution in [0.2, 0.25) is 0 Å². The number of primary amides is 1. The maximum atomic E-state index is 11.9. The van der Waals surface area contributed by atoms with Crippen LogP contribution in [-0.2, 0) is 10.5 Å². The van der Waals surface area contributed by atoms with Crippen molar-refractivity contribution in [1.29, 1.82) is 0 Å².